The van der Waals surface area contributed by atoms with Crippen molar-refractivity contribution in [2.75, 3.05) is 12.4 Å². The summed E-state index contributed by atoms with van der Waals surface area (Å²) >= 11 is 1.43. The number of methoxy groups -OCH3 is 1. The van der Waals surface area contributed by atoms with Crippen molar-refractivity contribution in [3.05, 3.63) is 53.6 Å². The van der Waals surface area contributed by atoms with Crippen LogP contribution in [0.5, 0.6) is 5.75 Å². The van der Waals surface area contributed by atoms with Crippen LogP contribution in [-0.4, -0.2) is 24.2 Å². The van der Waals surface area contributed by atoms with E-state index >= 15 is 0 Å². The molecule has 0 saturated carbocycles. The highest BCUT2D eigenvalue weighted by Gasteiger charge is 2.29. The number of thioether (sulfide) groups is 1. The number of hydrogen-bond acceptors (Lipinski definition) is 4. The zero-order valence-electron chi connectivity index (χ0n) is 15.0. The molecule has 0 fully saturated rings. The van der Waals surface area contributed by atoms with Gasteiger partial charge in [-0.2, -0.15) is 0 Å². The van der Waals surface area contributed by atoms with Crippen molar-refractivity contribution in [3.63, 3.8) is 0 Å². The van der Waals surface area contributed by atoms with E-state index < -0.39 is 5.25 Å². The van der Waals surface area contributed by atoms with E-state index in [-0.39, 0.29) is 24.3 Å². The molecule has 0 saturated heterocycles. The van der Waals surface area contributed by atoms with Gasteiger partial charge in [-0.1, -0.05) is 29.8 Å². The molecule has 6 heteroatoms. The summed E-state index contributed by atoms with van der Waals surface area (Å²) in [5, 5.41) is 5.41. The summed E-state index contributed by atoms with van der Waals surface area (Å²) in [6, 6.07) is 13.3. The minimum absolute atomic E-state index is 0.128. The summed E-state index contributed by atoms with van der Waals surface area (Å²) in [7, 11) is 1.61. The molecule has 5 nitrogen and oxygen atoms in total. The number of ether oxygens (including phenoxy) is 1. The summed E-state index contributed by atoms with van der Waals surface area (Å²) in [4.78, 5) is 25.7. The standard InChI is InChI=1S/C20H22N2O3S/c1-12-8-9-16(25-3)14(10-12)13(2)21-19(23)11-18-20(24)22-15-6-4-5-7-17(15)26-18/h4-10,13,18H,11H2,1-3H3,(H,21,23)(H,22,24)/t13-,18+/m0/s1. The second kappa shape index (κ2) is 7.83. The van der Waals surface area contributed by atoms with E-state index in [0.717, 1.165) is 27.5 Å². The van der Waals surface area contributed by atoms with E-state index in [1.54, 1.807) is 7.11 Å². The van der Waals surface area contributed by atoms with E-state index in [2.05, 4.69) is 10.6 Å². The number of rotatable bonds is 5. The summed E-state index contributed by atoms with van der Waals surface area (Å²) in [5.74, 6) is 0.444. The molecule has 0 unspecified atom stereocenters. The van der Waals surface area contributed by atoms with Gasteiger partial charge in [-0.05, 0) is 32.0 Å². The van der Waals surface area contributed by atoms with Crippen molar-refractivity contribution in [1.82, 2.24) is 5.32 Å². The lowest BCUT2D eigenvalue weighted by Gasteiger charge is -2.24. The van der Waals surface area contributed by atoms with Gasteiger partial charge in [-0.25, -0.2) is 0 Å². The lowest BCUT2D eigenvalue weighted by Crippen LogP contribution is -2.35. The van der Waals surface area contributed by atoms with Gasteiger partial charge >= 0.3 is 0 Å². The maximum atomic E-state index is 12.5. The van der Waals surface area contributed by atoms with Crippen LogP contribution in [0.2, 0.25) is 0 Å². The van der Waals surface area contributed by atoms with Gasteiger partial charge < -0.3 is 15.4 Å². The van der Waals surface area contributed by atoms with Crippen LogP contribution in [0.25, 0.3) is 0 Å². The second-order valence-corrected chi connectivity index (χ2v) is 7.58. The highest BCUT2D eigenvalue weighted by Crippen LogP contribution is 2.36. The first kappa shape index (κ1) is 18.3. The van der Waals surface area contributed by atoms with E-state index in [1.165, 1.54) is 11.8 Å². The summed E-state index contributed by atoms with van der Waals surface area (Å²) in [6.07, 6.45) is 0.128. The topological polar surface area (TPSA) is 67.4 Å². The highest BCUT2D eigenvalue weighted by atomic mass is 32.2. The van der Waals surface area contributed by atoms with Crippen molar-refractivity contribution in [1.29, 1.82) is 0 Å². The summed E-state index contributed by atoms with van der Waals surface area (Å²) in [5.41, 5.74) is 2.82. The van der Waals surface area contributed by atoms with Crippen LogP contribution in [0.1, 0.15) is 30.5 Å². The third-order valence-corrected chi connectivity index (χ3v) is 5.58. The third kappa shape index (κ3) is 4.02. The molecule has 1 aliphatic heterocycles. The fourth-order valence-electron chi connectivity index (χ4n) is 2.97. The maximum Gasteiger partial charge on any atom is 0.238 e. The van der Waals surface area contributed by atoms with E-state index in [1.807, 2.05) is 56.3 Å². The van der Waals surface area contributed by atoms with E-state index in [4.69, 9.17) is 4.74 Å². The van der Waals surface area contributed by atoms with Gasteiger partial charge in [0.1, 0.15) is 5.75 Å². The molecule has 26 heavy (non-hydrogen) atoms. The molecule has 1 aliphatic rings. The van der Waals surface area contributed by atoms with Gasteiger partial charge in [-0.3, -0.25) is 9.59 Å². The van der Waals surface area contributed by atoms with Gasteiger partial charge in [0, 0.05) is 16.9 Å². The molecule has 2 aromatic carbocycles. The zero-order chi connectivity index (χ0) is 18.7. The largest absolute Gasteiger partial charge is 0.496 e. The molecule has 136 valence electrons. The van der Waals surface area contributed by atoms with Crippen LogP contribution in [0, 0.1) is 6.92 Å². The molecule has 0 aromatic heterocycles. The van der Waals surface area contributed by atoms with Crippen molar-refractivity contribution in [3.8, 4) is 5.75 Å². The third-order valence-electron chi connectivity index (χ3n) is 4.31. The number of hydrogen-bond donors (Lipinski definition) is 2. The van der Waals surface area contributed by atoms with E-state index in [0.29, 0.717) is 0 Å². The normalized spacial score (nSPS) is 17.0. The van der Waals surface area contributed by atoms with Gasteiger partial charge in [0.2, 0.25) is 11.8 Å². The number of carbonyl (C=O) groups is 2. The van der Waals surface area contributed by atoms with Crippen molar-refractivity contribution < 1.29 is 14.3 Å². The van der Waals surface area contributed by atoms with Crippen LogP contribution in [0.3, 0.4) is 0 Å². The number of carbonyl (C=O) groups excluding carboxylic acids is 2. The summed E-state index contributed by atoms with van der Waals surface area (Å²) < 4.78 is 5.39. The predicted octanol–water partition coefficient (Wildman–Crippen LogP) is 3.68. The van der Waals surface area contributed by atoms with Crippen LogP contribution in [0.4, 0.5) is 5.69 Å². The average Bonchev–Trinajstić information content (AvgIpc) is 2.62. The first-order chi connectivity index (χ1) is 12.5. The Morgan fingerprint density at radius 3 is 2.85 bits per heavy atom. The SMILES string of the molecule is COc1ccc(C)cc1[C@H](C)NC(=O)C[C@H]1Sc2ccccc2NC1=O. The van der Waals surface area contributed by atoms with Crippen LogP contribution < -0.4 is 15.4 Å². The second-order valence-electron chi connectivity index (χ2n) is 6.33. The van der Waals surface area contributed by atoms with E-state index in [9.17, 15) is 9.59 Å². The molecular weight excluding hydrogens is 348 g/mol. The monoisotopic (exact) mass is 370 g/mol. The number of aryl methyl sites for hydroxylation is 1. The molecule has 0 aliphatic carbocycles. The van der Waals surface area contributed by atoms with Crippen LogP contribution >= 0.6 is 11.8 Å². The number of nitrogens with one attached hydrogen (secondary N) is 2. The Morgan fingerprint density at radius 1 is 1.31 bits per heavy atom. The Labute approximate surface area is 157 Å². The number of para-hydroxylation sites is 1. The fourth-order valence-corrected chi connectivity index (χ4v) is 4.08. The maximum absolute atomic E-state index is 12.5. The first-order valence-corrected chi connectivity index (χ1v) is 9.36. The molecule has 2 N–H and O–H groups in total. The minimum Gasteiger partial charge on any atom is -0.496 e. The zero-order valence-corrected chi connectivity index (χ0v) is 15.9. The van der Waals surface area contributed by atoms with Crippen molar-refractivity contribution in [2.24, 2.45) is 0 Å². The Balaban J connectivity index is 1.66. The molecule has 2 aromatic rings. The molecule has 0 radical (unpaired) electrons. The Bertz CT molecular complexity index is 838. The number of amides is 2. The van der Waals surface area contributed by atoms with Crippen LogP contribution in [0.15, 0.2) is 47.4 Å². The van der Waals surface area contributed by atoms with Gasteiger partial charge in [0.05, 0.1) is 24.1 Å². The molecule has 2 amide bonds. The van der Waals surface area contributed by atoms with Gasteiger partial charge in [0.25, 0.3) is 0 Å². The lowest BCUT2D eigenvalue weighted by atomic mass is 10.0. The van der Waals surface area contributed by atoms with Crippen LogP contribution in [-0.2, 0) is 9.59 Å². The Kier molecular flexibility index (Phi) is 5.52. The Morgan fingerprint density at radius 2 is 2.08 bits per heavy atom. The quantitative estimate of drug-likeness (QED) is 0.842. The van der Waals surface area contributed by atoms with Crippen molar-refractivity contribution >= 4 is 29.3 Å². The average molecular weight is 370 g/mol. The summed E-state index contributed by atoms with van der Waals surface area (Å²) in [6.45, 7) is 3.91. The number of fused-ring (bicyclic) bond motifs is 1. The van der Waals surface area contributed by atoms with Gasteiger partial charge in [-0.15, -0.1) is 11.8 Å². The molecule has 0 bridgehead atoms. The van der Waals surface area contributed by atoms with Crippen molar-refractivity contribution in [2.45, 2.75) is 36.5 Å². The number of benzene rings is 2. The molecule has 3 rings (SSSR count). The molecular formula is C20H22N2O3S. The highest BCUT2D eigenvalue weighted by molar-refractivity contribution is 8.01. The smallest absolute Gasteiger partial charge is 0.238 e. The molecule has 2 atom stereocenters. The number of anilines is 1. The van der Waals surface area contributed by atoms with Gasteiger partial charge in [0.15, 0.2) is 0 Å². The molecule has 1 heterocycles. The lowest BCUT2D eigenvalue weighted by molar-refractivity contribution is -0.124. The fraction of sp³-hybridized carbons (Fsp3) is 0.300. The Hall–Kier alpha value is -2.47. The predicted molar refractivity (Wildman–Crippen MR) is 104 cm³/mol. The first-order valence-electron chi connectivity index (χ1n) is 8.48. The minimum atomic E-state index is -0.434. The molecule has 0 spiro atoms.